The summed E-state index contributed by atoms with van der Waals surface area (Å²) in [7, 11) is 0. The highest BCUT2D eigenvalue weighted by Gasteiger charge is 1.87. The molecule has 0 aromatic carbocycles. The first kappa shape index (κ1) is 20.0. The van der Waals surface area contributed by atoms with E-state index in [2.05, 4.69) is 79.5 Å². The molecule has 0 spiro atoms. The third-order valence-electron chi connectivity index (χ3n) is 1.13. The maximum atomic E-state index is 5.17. The van der Waals surface area contributed by atoms with Gasteiger partial charge in [-0.1, -0.05) is 55.3 Å². The molecule has 0 radical (unpaired) electrons. The average molecular weight is 348 g/mol. The first-order valence-corrected chi connectivity index (χ1v) is 7.86. The van der Waals surface area contributed by atoms with Crippen molar-refractivity contribution in [2.75, 3.05) is 18.8 Å². The number of hydrogen-bond donors (Lipinski definition) is 5. The van der Waals surface area contributed by atoms with E-state index in [0.717, 1.165) is 12.2 Å². The van der Waals surface area contributed by atoms with Crippen LogP contribution in [0.1, 0.15) is 13.3 Å². The van der Waals surface area contributed by atoms with Gasteiger partial charge in [-0.3, -0.25) is 0 Å². The van der Waals surface area contributed by atoms with Gasteiger partial charge in [0.25, 0.3) is 0 Å². The third kappa shape index (κ3) is 26.4. The molecule has 9 heteroatoms. The van der Waals surface area contributed by atoms with Gasteiger partial charge in [0.05, 0.1) is 0 Å². The lowest BCUT2D eigenvalue weighted by molar-refractivity contribution is 0.834. The van der Waals surface area contributed by atoms with E-state index in [0.29, 0.717) is 26.1 Å². The summed E-state index contributed by atoms with van der Waals surface area (Å²) in [5.41, 5.74) is 5.17. The minimum atomic E-state index is 0.492. The van der Waals surface area contributed by atoms with Crippen molar-refractivity contribution in [3.05, 3.63) is 0 Å². The van der Waals surface area contributed by atoms with Crippen LogP contribution in [0.15, 0.2) is 0 Å². The molecular weight excluding hydrogens is 331 g/mol. The van der Waals surface area contributed by atoms with E-state index < -0.39 is 0 Å². The molecule has 0 rings (SSSR count). The van der Waals surface area contributed by atoms with E-state index in [1.165, 1.54) is 0 Å². The summed E-state index contributed by atoms with van der Waals surface area (Å²) in [5.74, 6) is 1.05. The van der Waals surface area contributed by atoms with Crippen molar-refractivity contribution in [2.45, 2.75) is 13.3 Å². The van der Waals surface area contributed by atoms with Crippen LogP contribution in [-0.2, 0) is 0 Å². The van der Waals surface area contributed by atoms with E-state index >= 15 is 0 Å². The molecular formula is C8H17N3S6. The largest absolute Gasteiger partial charge is 0.385 e. The van der Waals surface area contributed by atoms with Crippen LogP contribution in [0.5, 0.6) is 0 Å². The van der Waals surface area contributed by atoms with Crippen LogP contribution in [0.2, 0.25) is 0 Å². The zero-order chi connectivity index (χ0) is 13.7. The second-order valence-electron chi connectivity index (χ2n) is 2.63. The minimum Gasteiger partial charge on any atom is -0.385 e. The van der Waals surface area contributed by atoms with Gasteiger partial charge in [-0.15, -0.1) is 25.3 Å². The fourth-order valence-electron chi connectivity index (χ4n) is 0.542. The van der Waals surface area contributed by atoms with Gasteiger partial charge in [0.2, 0.25) is 0 Å². The maximum Gasteiger partial charge on any atom is 0.131 e. The molecule has 0 bridgehead atoms. The Morgan fingerprint density at radius 1 is 1.12 bits per heavy atom. The number of rotatable bonds is 5. The topological polar surface area (TPSA) is 50.1 Å². The first-order chi connectivity index (χ1) is 7.90. The van der Waals surface area contributed by atoms with Crippen LogP contribution in [0.25, 0.3) is 0 Å². The summed E-state index contributed by atoms with van der Waals surface area (Å²) in [5, 5.41) is 5.68. The van der Waals surface area contributed by atoms with Gasteiger partial charge in [0.1, 0.15) is 13.0 Å². The quantitative estimate of drug-likeness (QED) is 0.296. The molecule has 0 aliphatic heterocycles. The Labute approximate surface area is 134 Å². The molecule has 0 saturated carbocycles. The Balaban J connectivity index is 0. The highest BCUT2D eigenvalue weighted by atomic mass is 32.2. The summed E-state index contributed by atoms with van der Waals surface area (Å²) >= 11 is 23.2. The molecule has 0 aromatic rings. The monoisotopic (exact) mass is 347 g/mol. The molecule has 17 heavy (non-hydrogen) atoms. The highest BCUT2D eigenvalue weighted by molar-refractivity contribution is 8.22. The summed E-state index contributed by atoms with van der Waals surface area (Å²) in [6.07, 6.45) is 1.14. The fraction of sp³-hybridized carbons (Fsp3) is 0.625. The second kappa shape index (κ2) is 14.8. The van der Waals surface area contributed by atoms with Gasteiger partial charge in [-0.25, -0.2) is 0 Å². The zero-order valence-electron chi connectivity index (χ0n) is 9.43. The zero-order valence-corrected chi connectivity index (χ0v) is 14.5. The number of thioether (sulfide) groups is 1. The summed E-state index contributed by atoms with van der Waals surface area (Å²) in [6, 6.07) is 0. The molecule has 0 amide bonds. The lowest BCUT2D eigenvalue weighted by atomic mass is 10.6. The van der Waals surface area contributed by atoms with Gasteiger partial charge in [-0.05, 0) is 12.2 Å². The maximum absolute atomic E-state index is 5.17. The molecule has 0 aromatic heterocycles. The summed E-state index contributed by atoms with van der Waals surface area (Å²) < 4.78 is 1.54. The van der Waals surface area contributed by atoms with Crippen molar-refractivity contribution in [1.29, 1.82) is 0 Å². The van der Waals surface area contributed by atoms with E-state index in [4.69, 9.17) is 5.73 Å². The molecule has 0 fully saturated rings. The van der Waals surface area contributed by atoms with E-state index in [1.807, 2.05) is 0 Å². The molecule has 0 heterocycles. The second-order valence-corrected chi connectivity index (χ2v) is 6.78. The number of hydrogen-bond acceptors (Lipinski definition) is 4. The Bertz CT molecular complexity index is 229. The molecule has 3 nitrogen and oxygen atoms in total. The lowest BCUT2D eigenvalue weighted by Gasteiger charge is -2.03. The van der Waals surface area contributed by atoms with Crippen LogP contribution in [-0.4, -0.2) is 31.8 Å². The fourth-order valence-corrected chi connectivity index (χ4v) is 1.62. The standard InChI is InChI=1S/C4H8N2S4.C4H9NS2/c7-3(8)5-1-2-6-4(9)10;1-2-3-7-4(5)6/h1-2H2,(H2,5,7,8)(H2,6,9,10);2-3H2,1H3,(H2,5,6). The number of nitrogens with one attached hydrogen (secondary N) is 2. The Kier molecular flexibility index (Phi) is 17.4. The number of thiol groups is 2. The van der Waals surface area contributed by atoms with E-state index in [9.17, 15) is 0 Å². The Morgan fingerprint density at radius 3 is 1.71 bits per heavy atom. The van der Waals surface area contributed by atoms with Crippen LogP contribution in [0.3, 0.4) is 0 Å². The highest BCUT2D eigenvalue weighted by Crippen LogP contribution is 1.99. The molecule has 4 N–H and O–H groups in total. The predicted molar refractivity (Wildman–Crippen MR) is 98.7 cm³/mol. The van der Waals surface area contributed by atoms with Crippen molar-refractivity contribution in [1.82, 2.24) is 10.6 Å². The summed E-state index contributed by atoms with van der Waals surface area (Å²) in [6.45, 7) is 3.53. The van der Waals surface area contributed by atoms with E-state index in [1.54, 1.807) is 11.8 Å². The number of thiocarbonyl (C=S) groups is 3. The predicted octanol–water partition coefficient (Wildman–Crippen LogP) is 1.97. The molecule has 0 aliphatic carbocycles. The Hall–Kier alpha value is 0.720. The van der Waals surface area contributed by atoms with Gasteiger partial charge < -0.3 is 16.4 Å². The Morgan fingerprint density at radius 2 is 1.53 bits per heavy atom. The summed E-state index contributed by atoms with van der Waals surface area (Å²) in [4.78, 5) is 0. The first-order valence-electron chi connectivity index (χ1n) is 4.76. The molecule has 0 aliphatic rings. The van der Waals surface area contributed by atoms with Crippen molar-refractivity contribution in [2.24, 2.45) is 5.73 Å². The van der Waals surface area contributed by atoms with Crippen molar-refractivity contribution in [3.8, 4) is 0 Å². The van der Waals surface area contributed by atoms with Gasteiger partial charge >= 0.3 is 0 Å². The van der Waals surface area contributed by atoms with Gasteiger partial charge in [0, 0.05) is 13.1 Å². The molecule has 0 unspecified atom stereocenters. The van der Waals surface area contributed by atoms with Crippen molar-refractivity contribution in [3.63, 3.8) is 0 Å². The van der Waals surface area contributed by atoms with Crippen LogP contribution >= 0.6 is 73.7 Å². The average Bonchev–Trinajstić information content (AvgIpc) is 2.22. The third-order valence-corrected chi connectivity index (χ3v) is 2.98. The normalized spacial score (nSPS) is 8.65. The van der Waals surface area contributed by atoms with E-state index in [-0.39, 0.29) is 0 Å². The lowest BCUT2D eigenvalue weighted by Crippen LogP contribution is -2.29. The molecule has 0 saturated heterocycles. The van der Waals surface area contributed by atoms with Crippen molar-refractivity contribution >= 4 is 86.6 Å². The molecule has 100 valence electrons. The van der Waals surface area contributed by atoms with Crippen molar-refractivity contribution < 1.29 is 0 Å². The van der Waals surface area contributed by atoms with Crippen LogP contribution < -0.4 is 16.4 Å². The van der Waals surface area contributed by atoms with Gasteiger partial charge in [-0.2, -0.15) is 0 Å². The minimum absolute atomic E-state index is 0.492. The number of nitrogens with two attached hydrogens (primary N) is 1. The smallest absolute Gasteiger partial charge is 0.131 e. The molecule has 0 atom stereocenters. The van der Waals surface area contributed by atoms with Gasteiger partial charge in [0.15, 0.2) is 0 Å². The SMILES string of the molecule is CCCSC(N)=S.S=C(S)NCCNC(=S)S. The van der Waals surface area contributed by atoms with Crippen LogP contribution in [0.4, 0.5) is 0 Å². The van der Waals surface area contributed by atoms with Crippen LogP contribution in [0, 0.1) is 0 Å².